The normalized spacial score (nSPS) is 15.1. The van der Waals surface area contributed by atoms with Gasteiger partial charge in [0.05, 0.1) is 12.3 Å². The largest absolute Gasteiger partial charge is 0.491 e. The number of anilines is 1. The third-order valence-corrected chi connectivity index (χ3v) is 2.79. The van der Waals surface area contributed by atoms with E-state index in [9.17, 15) is 0 Å². The number of hydrogen-bond donors (Lipinski definition) is 1. The molecule has 0 unspecified atom stereocenters. The highest BCUT2D eigenvalue weighted by atomic mass is 79.9. The molecular formula is C9H10BrNO. The average molecular weight is 228 g/mol. The topological polar surface area (TPSA) is 35.2 Å². The van der Waals surface area contributed by atoms with Crippen molar-refractivity contribution in [3.8, 4) is 5.75 Å². The van der Waals surface area contributed by atoms with Gasteiger partial charge in [-0.05, 0) is 25.0 Å². The van der Waals surface area contributed by atoms with Crippen molar-refractivity contribution in [2.24, 2.45) is 0 Å². The first-order chi connectivity index (χ1) is 5.79. The Kier molecular flexibility index (Phi) is 1.97. The molecule has 1 aliphatic rings. The van der Waals surface area contributed by atoms with Crippen LogP contribution >= 0.6 is 15.9 Å². The van der Waals surface area contributed by atoms with Gasteiger partial charge in [0, 0.05) is 10.0 Å². The average Bonchev–Trinajstić information content (AvgIpc) is 2.12. The lowest BCUT2D eigenvalue weighted by atomic mass is 10.1. The molecule has 1 aliphatic heterocycles. The molecule has 1 heterocycles. The molecule has 0 fully saturated rings. The molecule has 0 spiro atoms. The summed E-state index contributed by atoms with van der Waals surface area (Å²) in [6.45, 7) is 0.785. The van der Waals surface area contributed by atoms with Gasteiger partial charge in [0.25, 0.3) is 0 Å². The summed E-state index contributed by atoms with van der Waals surface area (Å²) in [5.74, 6) is 0.871. The van der Waals surface area contributed by atoms with Crippen LogP contribution in [-0.4, -0.2) is 6.61 Å². The van der Waals surface area contributed by atoms with Gasteiger partial charge in [-0.3, -0.25) is 0 Å². The van der Waals surface area contributed by atoms with Crippen molar-refractivity contribution in [2.75, 3.05) is 12.3 Å². The summed E-state index contributed by atoms with van der Waals surface area (Å²) in [6, 6.07) is 3.84. The smallest absolute Gasteiger partial charge is 0.146 e. The van der Waals surface area contributed by atoms with E-state index in [0.29, 0.717) is 0 Å². The summed E-state index contributed by atoms with van der Waals surface area (Å²) >= 11 is 3.48. The monoisotopic (exact) mass is 227 g/mol. The Bertz CT molecular complexity index is 281. The number of nitrogens with two attached hydrogens (primary N) is 1. The van der Waals surface area contributed by atoms with Crippen molar-refractivity contribution in [2.45, 2.75) is 12.8 Å². The zero-order chi connectivity index (χ0) is 8.55. The molecule has 12 heavy (non-hydrogen) atoms. The number of hydrogen-bond acceptors (Lipinski definition) is 2. The van der Waals surface area contributed by atoms with E-state index >= 15 is 0 Å². The van der Waals surface area contributed by atoms with Gasteiger partial charge in [0.15, 0.2) is 0 Å². The minimum atomic E-state index is 0.743. The highest BCUT2D eigenvalue weighted by Crippen LogP contribution is 2.35. The van der Waals surface area contributed by atoms with Crippen molar-refractivity contribution in [3.05, 3.63) is 22.2 Å². The standard InChI is InChI=1S/C9H10BrNO/c10-7-3-4-8(11)9-6(7)2-1-5-12-9/h3-4H,1-2,5,11H2. The Morgan fingerprint density at radius 3 is 3.00 bits per heavy atom. The van der Waals surface area contributed by atoms with Crippen LogP contribution in [0.25, 0.3) is 0 Å². The number of fused-ring (bicyclic) bond motifs is 1. The Hall–Kier alpha value is -0.700. The molecule has 2 N–H and O–H groups in total. The summed E-state index contributed by atoms with van der Waals surface area (Å²) in [7, 11) is 0. The third-order valence-electron chi connectivity index (χ3n) is 2.05. The fourth-order valence-electron chi connectivity index (χ4n) is 1.45. The lowest BCUT2D eigenvalue weighted by Crippen LogP contribution is -2.10. The summed E-state index contributed by atoms with van der Waals surface area (Å²) in [4.78, 5) is 0. The van der Waals surface area contributed by atoms with Crippen molar-refractivity contribution in [1.82, 2.24) is 0 Å². The van der Waals surface area contributed by atoms with Gasteiger partial charge in [0.1, 0.15) is 5.75 Å². The molecule has 0 saturated carbocycles. The second-order valence-corrected chi connectivity index (χ2v) is 3.75. The van der Waals surface area contributed by atoms with Crippen molar-refractivity contribution in [3.63, 3.8) is 0 Å². The molecule has 1 aromatic carbocycles. The van der Waals surface area contributed by atoms with Crippen LogP contribution in [0, 0.1) is 0 Å². The third kappa shape index (κ3) is 1.18. The summed E-state index contributed by atoms with van der Waals surface area (Å²) in [6.07, 6.45) is 2.13. The van der Waals surface area contributed by atoms with Crippen molar-refractivity contribution >= 4 is 21.6 Å². The van der Waals surface area contributed by atoms with Gasteiger partial charge in [0.2, 0.25) is 0 Å². The van der Waals surface area contributed by atoms with Crippen LogP contribution in [0.4, 0.5) is 5.69 Å². The lowest BCUT2D eigenvalue weighted by molar-refractivity contribution is 0.289. The van der Waals surface area contributed by atoms with E-state index in [1.807, 2.05) is 12.1 Å². The Balaban J connectivity index is 2.57. The van der Waals surface area contributed by atoms with Crippen LogP contribution < -0.4 is 10.5 Å². The van der Waals surface area contributed by atoms with Gasteiger partial charge in [-0.25, -0.2) is 0 Å². The van der Waals surface area contributed by atoms with Crippen molar-refractivity contribution < 1.29 is 4.74 Å². The van der Waals surface area contributed by atoms with Crippen molar-refractivity contribution in [1.29, 1.82) is 0 Å². The van der Waals surface area contributed by atoms with Gasteiger partial charge in [-0.1, -0.05) is 15.9 Å². The number of rotatable bonds is 0. The molecule has 0 aliphatic carbocycles. The molecule has 2 nitrogen and oxygen atoms in total. The predicted molar refractivity (Wildman–Crippen MR) is 52.4 cm³/mol. The quantitative estimate of drug-likeness (QED) is 0.691. The first kappa shape index (κ1) is 7.92. The predicted octanol–water partition coefficient (Wildman–Crippen LogP) is 2.36. The Morgan fingerprint density at radius 2 is 2.25 bits per heavy atom. The van der Waals surface area contributed by atoms with Crippen LogP contribution in [0.3, 0.4) is 0 Å². The molecule has 64 valence electrons. The molecule has 2 rings (SSSR count). The summed E-state index contributed by atoms with van der Waals surface area (Å²) in [5, 5.41) is 0. The van der Waals surface area contributed by atoms with Gasteiger partial charge >= 0.3 is 0 Å². The summed E-state index contributed by atoms with van der Waals surface area (Å²) < 4.78 is 6.58. The van der Waals surface area contributed by atoms with Gasteiger partial charge in [-0.15, -0.1) is 0 Å². The first-order valence-electron chi connectivity index (χ1n) is 3.98. The van der Waals surface area contributed by atoms with E-state index in [1.54, 1.807) is 0 Å². The highest BCUT2D eigenvalue weighted by Gasteiger charge is 2.15. The van der Waals surface area contributed by atoms with Gasteiger partial charge in [-0.2, -0.15) is 0 Å². The molecule has 0 saturated heterocycles. The van der Waals surface area contributed by atoms with E-state index < -0.39 is 0 Å². The Morgan fingerprint density at radius 1 is 1.42 bits per heavy atom. The van der Waals surface area contributed by atoms with E-state index in [2.05, 4.69) is 15.9 Å². The molecule has 0 amide bonds. The summed E-state index contributed by atoms with van der Waals surface area (Å²) in [5.41, 5.74) is 7.72. The van der Waals surface area contributed by atoms with Crippen LogP contribution in [0.1, 0.15) is 12.0 Å². The van der Waals surface area contributed by atoms with Crippen LogP contribution in [0.5, 0.6) is 5.75 Å². The Labute approximate surface area is 79.8 Å². The number of halogens is 1. The van der Waals surface area contributed by atoms with E-state index in [-0.39, 0.29) is 0 Å². The minimum Gasteiger partial charge on any atom is -0.491 e. The molecule has 0 radical (unpaired) electrons. The van der Waals surface area contributed by atoms with Gasteiger partial charge < -0.3 is 10.5 Å². The molecule has 0 aromatic heterocycles. The second kappa shape index (κ2) is 2.98. The van der Waals surface area contributed by atoms with E-state index in [1.165, 1.54) is 5.56 Å². The SMILES string of the molecule is Nc1ccc(Br)c2c1OCCC2. The lowest BCUT2D eigenvalue weighted by Gasteiger charge is -2.19. The highest BCUT2D eigenvalue weighted by molar-refractivity contribution is 9.10. The maximum Gasteiger partial charge on any atom is 0.146 e. The fourth-order valence-corrected chi connectivity index (χ4v) is 1.96. The second-order valence-electron chi connectivity index (χ2n) is 2.90. The first-order valence-corrected chi connectivity index (χ1v) is 4.78. The van der Waals surface area contributed by atoms with Crippen LogP contribution in [-0.2, 0) is 6.42 Å². The molecule has 0 bridgehead atoms. The van der Waals surface area contributed by atoms with Crippen LogP contribution in [0.15, 0.2) is 16.6 Å². The molecule has 1 aromatic rings. The van der Waals surface area contributed by atoms with Crippen LogP contribution in [0.2, 0.25) is 0 Å². The maximum atomic E-state index is 5.76. The van der Waals surface area contributed by atoms with E-state index in [4.69, 9.17) is 10.5 Å². The van der Waals surface area contributed by atoms with E-state index in [0.717, 1.165) is 35.4 Å². The number of nitrogen functional groups attached to an aromatic ring is 1. The maximum absolute atomic E-state index is 5.76. The fraction of sp³-hybridized carbons (Fsp3) is 0.333. The zero-order valence-electron chi connectivity index (χ0n) is 6.64. The zero-order valence-corrected chi connectivity index (χ0v) is 8.23. The molecular weight excluding hydrogens is 218 g/mol. The molecule has 0 atom stereocenters. The number of ether oxygens (including phenoxy) is 1. The number of benzene rings is 1. The minimum absolute atomic E-state index is 0.743. The molecule has 3 heteroatoms.